The first-order valence-electron chi connectivity index (χ1n) is 8.27. The molecular formula is C18H20N2O3S. The van der Waals surface area contributed by atoms with Crippen molar-refractivity contribution in [1.29, 1.82) is 0 Å². The summed E-state index contributed by atoms with van der Waals surface area (Å²) in [6.45, 7) is 2.46. The van der Waals surface area contributed by atoms with Crippen molar-refractivity contribution in [3.05, 3.63) is 46.2 Å². The fourth-order valence-corrected chi connectivity index (χ4v) is 4.14. The summed E-state index contributed by atoms with van der Waals surface area (Å²) in [5.41, 5.74) is 1.01. The molecule has 4 rings (SSSR count). The number of thiophene rings is 1. The molecule has 1 fully saturated rings. The molecule has 2 aliphatic heterocycles. The molecule has 2 aliphatic rings. The fourth-order valence-electron chi connectivity index (χ4n) is 3.26. The number of likely N-dealkylation sites (tertiary alicyclic amines) is 1. The van der Waals surface area contributed by atoms with Crippen LogP contribution in [0.2, 0.25) is 0 Å². The Bertz CT molecular complexity index is 717. The molecule has 3 heterocycles. The molecule has 5 nitrogen and oxygen atoms in total. The third-order valence-electron chi connectivity index (χ3n) is 4.44. The van der Waals surface area contributed by atoms with E-state index in [-0.39, 0.29) is 12.1 Å². The van der Waals surface area contributed by atoms with Gasteiger partial charge < -0.3 is 19.7 Å². The SMILES string of the molecule is O=C(NCc1ccc2c(c1)OCCO2)N1CCC[C@H]1c1cccs1. The lowest BCUT2D eigenvalue weighted by atomic mass is 10.2. The molecule has 6 heteroatoms. The Balaban J connectivity index is 1.39. The molecule has 2 amide bonds. The van der Waals surface area contributed by atoms with E-state index in [9.17, 15) is 4.79 Å². The molecule has 1 aromatic heterocycles. The minimum atomic E-state index is 0.000731. The zero-order valence-electron chi connectivity index (χ0n) is 13.4. The van der Waals surface area contributed by atoms with E-state index in [2.05, 4.69) is 16.8 Å². The lowest BCUT2D eigenvalue weighted by molar-refractivity contribution is 0.171. The van der Waals surface area contributed by atoms with Crippen LogP contribution in [0.3, 0.4) is 0 Å². The zero-order valence-corrected chi connectivity index (χ0v) is 14.2. The van der Waals surface area contributed by atoms with Crippen molar-refractivity contribution in [2.75, 3.05) is 19.8 Å². The van der Waals surface area contributed by atoms with E-state index in [1.807, 2.05) is 29.2 Å². The van der Waals surface area contributed by atoms with Gasteiger partial charge in [0, 0.05) is 18.0 Å². The van der Waals surface area contributed by atoms with Crippen molar-refractivity contribution in [2.24, 2.45) is 0 Å². The Morgan fingerprint density at radius 2 is 2.12 bits per heavy atom. The molecule has 0 bridgehead atoms. The predicted octanol–water partition coefficient (Wildman–Crippen LogP) is 3.57. The van der Waals surface area contributed by atoms with Gasteiger partial charge >= 0.3 is 6.03 Å². The van der Waals surface area contributed by atoms with Crippen molar-refractivity contribution in [2.45, 2.75) is 25.4 Å². The standard InChI is InChI=1S/C18H20N2O3S/c21-18(20-7-1-3-14(20)17-4-2-10-24-17)19-12-13-5-6-15-16(11-13)23-9-8-22-15/h2,4-6,10-11,14H,1,3,7-9,12H2,(H,19,21)/t14-/m0/s1. The number of hydrogen-bond donors (Lipinski definition) is 1. The third-order valence-corrected chi connectivity index (χ3v) is 5.41. The molecule has 1 saturated heterocycles. The van der Waals surface area contributed by atoms with Crippen LogP contribution in [0.1, 0.15) is 29.3 Å². The van der Waals surface area contributed by atoms with Gasteiger partial charge in [0.15, 0.2) is 11.5 Å². The molecule has 1 atom stereocenters. The Morgan fingerprint density at radius 3 is 2.96 bits per heavy atom. The minimum absolute atomic E-state index is 0.000731. The van der Waals surface area contributed by atoms with Crippen LogP contribution in [-0.4, -0.2) is 30.7 Å². The molecule has 1 aromatic carbocycles. The Kier molecular flexibility index (Phi) is 4.30. The summed E-state index contributed by atoms with van der Waals surface area (Å²) in [6.07, 6.45) is 2.10. The largest absolute Gasteiger partial charge is 0.486 e. The number of carbonyl (C=O) groups excluding carboxylic acids is 1. The maximum Gasteiger partial charge on any atom is 0.318 e. The summed E-state index contributed by atoms with van der Waals surface area (Å²) in [7, 11) is 0. The number of hydrogen-bond acceptors (Lipinski definition) is 4. The van der Waals surface area contributed by atoms with Crippen LogP contribution in [0, 0.1) is 0 Å². The quantitative estimate of drug-likeness (QED) is 0.926. The molecule has 2 aromatic rings. The number of nitrogens with zero attached hydrogens (tertiary/aromatic N) is 1. The van der Waals surface area contributed by atoms with Gasteiger partial charge in [-0.15, -0.1) is 11.3 Å². The van der Waals surface area contributed by atoms with E-state index in [4.69, 9.17) is 9.47 Å². The Morgan fingerprint density at radius 1 is 1.25 bits per heavy atom. The first-order valence-corrected chi connectivity index (χ1v) is 9.15. The highest BCUT2D eigenvalue weighted by Gasteiger charge is 2.30. The first-order chi connectivity index (χ1) is 11.8. The molecule has 1 N–H and O–H groups in total. The number of rotatable bonds is 3. The average Bonchev–Trinajstić information content (AvgIpc) is 3.30. The van der Waals surface area contributed by atoms with Crippen LogP contribution in [-0.2, 0) is 6.54 Å². The van der Waals surface area contributed by atoms with Gasteiger partial charge in [-0.2, -0.15) is 0 Å². The summed E-state index contributed by atoms with van der Waals surface area (Å²) in [4.78, 5) is 15.8. The summed E-state index contributed by atoms with van der Waals surface area (Å²) < 4.78 is 11.1. The molecule has 0 saturated carbocycles. The van der Waals surface area contributed by atoms with Gasteiger partial charge in [-0.3, -0.25) is 0 Å². The molecule has 0 spiro atoms. The van der Waals surface area contributed by atoms with Crippen LogP contribution in [0.4, 0.5) is 4.79 Å². The smallest absolute Gasteiger partial charge is 0.318 e. The average molecular weight is 344 g/mol. The van der Waals surface area contributed by atoms with Crippen molar-refractivity contribution in [3.8, 4) is 11.5 Å². The summed E-state index contributed by atoms with van der Waals surface area (Å²) in [5, 5.41) is 5.10. The minimum Gasteiger partial charge on any atom is -0.486 e. The number of nitrogens with one attached hydrogen (secondary N) is 1. The Labute approximate surface area is 145 Å². The first kappa shape index (κ1) is 15.3. The van der Waals surface area contributed by atoms with Crippen LogP contribution >= 0.6 is 11.3 Å². The van der Waals surface area contributed by atoms with Crippen molar-refractivity contribution >= 4 is 17.4 Å². The van der Waals surface area contributed by atoms with E-state index in [0.29, 0.717) is 19.8 Å². The summed E-state index contributed by atoms with van der Waals surface area (Å²) >= 11 is 1.72. The summed E-state index contributed by atoms with van der Waals surface area (Å²) in [5.74, 6) is 1.53. The second-order valence-corrected chi connectivity index (χ2v) is 6.98. The van der Waals surface area contributed by atoms with Gasteiger partial charge in [0.1, 0.15) is 13.2 Å². The summed E-state index contributed by atoms with van der Waals surface area (Å²) in [6, 6.07) is 10.2. The van der Waals surface area contributed by atoms with Crippen molar-refractivity contribution < 1.29 is 14.3 Å². The number of amides is 2. The van der Waals surface area contributed by atoms with Crippen LogP contribution < -0.4 is 14.8 Å². The maximum absolute atomic E-state index is 12.6. The molecule has 24 heavy (non-hydrogen) atoms. The van der Waals surface area contributed by atoms with Gasteiger partial charge in [-0.25, -0.2) is 4.79 Å². The topological polar surface area (TPSA) is 50.8 Å². The molecule has 126 valence electrons. The molecule has 0 unspecified atom stereocenters. The number of ether oxygens (including phenoxy) is 2. The van der Waals surface area contributed by atoms with Gasteiger partial charge in [0.05, 0.1) is 6.04 Å². The normalized spacial score (nSPS) is 19.3. The lowest BCUT2D eigenvalue weighted by Crippen LogP contribution is -2.38. The van der Waals surface area contributed by atoms with Crippen LogP contribution in [0.5, 0.6) is 11.5 Å². The van der Waals surface area contributed by atoms with Crippen LogP contribution in [0.15, 0.2) is 35.7 Å². The van der Waals surface area contributed by atoms with Gasteiger partial charge in [-0.05, 0) is 42.0 Å². The highest BCUT2D eigenvalue weighted by Crippen LogP contribution is 2.34. The number of benzene rings is 1. The van der Waals surface area contributed by atoms with E-state index < -0.39 is 0 Å². The van der Waals surface area contributed by atoms with Crippen molar-refractivity contribution in [1.82, 2.24) is 10.2 Å². The monoisotopic (exact) mass is 344 g/mol. The van der Waals surface area contributed by atoms with E-state index in [0.717, 1.165) is 36.4 Å². The highest BCUT2D eigenvalue weighted by atomic mass is 32.1. The van der Waals surface area contributed by atoms with Gasteiger partial charge in [0.2, 0.25) is 0 Å². The van der Waals surface area contributed by atoms with Crippen LogP contribution in [0.25, 0.3) is 0 Å². The lowest BCUT2D eigenvalue weighted by Gasteiger charge is -2.24. The second-order valence-electron chi connectivity index (χ2n) is 6.00. The number of fused-ring (bicyclic) bond motifs is 1. The molecular weight excluding hydrogens is 324 g/mol. The number of urea groups is 1. The molecule has 0 radical (unpaired) electrons. The van der Waals surface area contributed by atoms with E-state index in [1.54, 1.807) is 11.3 Å². The second kappa shape index (κ2) is 6.73. The zero-order chi connectivity index (χ0) is 16.4. The van der Waals surface area contributed by atoms with Gasteiger partial charge in [0.25, 0.3) is 0 Å². The van der Waals surface area contributed by atoms with Gasteiger partial charge in [-0.1, -0.05) is 12.1 Å². The highest BCUT2D eigenvalue weighted by molar-refractivity contribution is 7.10. The van der Waals surface area contributed by atoms with E-state index in [1.165, 1.54) is 4.88 Å². The molecule has 0 aliphatic carbocycles. The predicted molar refractivity (Wildman–Crippen MR) is 92.7 cm³/mol. The maximum atomic E-state index is 12.6. The van der Waals surface area contributed by atoms with E-state index >= 15 is 0 Å². The van der Waals surface area contributed by atoms with Crippen molar-refractivity contribution in [3.63, 3.8) is 0 Å². The third kappa shape index (κ3) is 3.06. The number of carbonyl (C=O) groups is 1. The Hall–Kier alpha value is -2.21. The fraction of sp³-hybridized carbons (Fsp3) is 0.389.